The van der Waals surface area contributed by atoms with E-state index in [1.165, 1.54) is 5.56 Å². The number of methoxy groups -OCH3 is 1. The third-order valence-corrected chi connectivity index (χ3v) is 5.74. The quantitative estimate of drug-likeness (QED) is 0.577. The van der Waals surface area contributed by atoms with Crippen LogP contribution in [0.5, 0.6) is 5.75 Å². The Morgan fingerprint density at radius 3 is 2.06 bits per heavy atom. The van der Waals surface area contributed by atoms with Crippen molar-refractivity contribution < 1.29 is 14.3 Å². The zero-order valence-corrected chi connectivity index (χ0v) is 19.5. The van der Waals surface area contributed by atoms with Crippen LogP contribution in [0.3, 0.4) is 0 Å². The van der Waals surface area contributed by atoms with Crippen molar-refractivity contribution in [1.82, 2.24) is 10.2 Å². The van der Waals surface area contributed by atoms with Gasteiger partial charge in [-0.2, -0.15) is 0 Å². The Bertz CT molecular complexity index is 831. The molecule has 0 bridgehead atoms. The second-order valence-corrected chi connectivity index (χ2v) is 8.03. The standard InChI is InChI=1S/C26H36N2O3/c1-6-19(3)27-26(30)20(4)28(18-23-12-15-24(31-5)16-13-23)25(29)17-14-22-10-8-21(7-2)9-11-22/h8-13,15-16,19-20H,6-7,14,17-18H2,1-5H3,(H,27,30)/t19-,20-/m0/s1. The Kier molecular flexibility index (Phi) is 9.57. The number of amides is 2. The summed E-state index contributed by atoms with van der Waals surface area (Å²) in [5.41, 5.74) is 3.38. The van der Waals surface area contributed by atoms with Gasteiger partial charge in [-0.15, -0.1) is 0 Å². The number of hydrogen-bond donors (Lipinski definition) is 1. The molecule has 0 spiro atoms. The number of carbonyl (C=O) groups is 2. The van der Waals surface area contributed by atoms with Crippen LogP contribution >= 0.6 is 0 Å². The molecule has 1 N–H and O–H groups in total. The molecule has 2 rings (SSSR count). The van der Waals surface area contributed by atoms with Crippen LogP contribution < -0.4 is 10.1 Å². The fraction of sp³-hybridized carbons (Fsp3) is 0.462. The summed E-state index contributed by atoms with van der Waals surface area (Å²) in [6.07, 6.45) is 2.86. The zero-order chi connectivity index (χ0) is 22.8. The summed E-state index contributed by atoms with van der Waals surface area (Å²) < 4.78 is 5.22. The number of nitrogens with zero attached hydrogens (tertiary/aromatic N) is 1. The van der Waals surface area contributed by atoms with Gasteiger partial charge in [0.05, 0.1) is 7.11 Å². The number of ether oxygens (including phenoxy) is 1. The van der Waals surface area contributed by atoms with Crippen molar-refractivity contribution in [1.29, 1.82) is 0 Å². The molecular weight excluding hydrogens is 388 g/mol. The van der Waals surface area contributed by atoms with Gasteiger partial charge < -0.3 is 15.0 Å². The predicted octanol–water partition coefficient (Wildman–Crippen LogP) is 4.52. The second kappa shape index (κ2) is 12.1. The summed E-state index contributed by atoms with van der Waals surface area (Å²) in [6, 6.07) is 15.5. The van der Waals surface area contributed by atoms with Gasteiger partial charge in [0.1, 0.15) is 11.8 Å². The van der Waals surface area contributed by atoms with E-state index in [1.807, 2.05) is 38.1 Å². The average molecular weight is 425 g/mol. The summed E-state index contributed by atoms with van der Waals surface area (Å²) in [5.74, 6) is 0.616. The smallest absolute Gasteiger partial charge is 0.242 e. The lowest BCUT2D eigenvalue weighted by Gasteiger charge is -2.30. The predicted molar refractivity (Wildman–Crippen MR) is 125 cm³/mol. The molecule has 31 heavy (non-hydrogen) atoms. The minimum atomic E-state index is -0.550. The number of rotatable bonds is 11. The third-order valence-electron chi connectivity index (χ3n) is 5.74. The molecule has 0 radical (unpaired) electrons. The van der Waals surface area contributed by atoms with E-state index < -0.39 is 6.04 Å². The number of benzene rings is 2. The Hall–Kier alpha value is -2.82. The van der Waals surface area contributed by atoms with Crippen molar-refractivity contribution in [2.24, 2.45) is 0 Å². The molecule has 2 aromatic carbocycles. The molecule has 0 fully saturated rings. The van der Waals surface area contributed by atoms with Gasteiger partial charge in [0, 0.05) is 19.0 Å². The molecule has 0 saturated carbocycles. The molecule has 2 atom stereocenters. The molecule has 5 heteroatoms. The van der Waals surface area contributed by atoms with Crippen LogP contribution in [0.2, 0.25) is 0 Å². The van der Waals surface area contributed by atoms with E-state index in [4.69, 9.17) is 4.74 Å². The molecule has 0 aliphatic carbocycles. The fourth-order valence-electron chi connectivity index (χ4n) is 3.31. The first-order valence-electron chi connectivity index (χ1n) is 11.2. The average Bonchev–Trinajstić information content (AvgIpc) is 2.81. The number of carbonyl (C=O) groups excluding carboxylic acids is 2. The normalized spacial score (nSPS) is 12.7. The maximum Gasteiger partial charge on any atom is 0.242 e. The van der Waals surface area contributed by atoms with Gasteiger partial charge in [-0.05, 0) is 61.9 Å². The molecule has 0 heterocycles. The van der Waals surface area contributed by atoms with E-state index >= 15 is 0 Å². The SMILES string of the molecule is CCc1ccc(CCC(=O)N(Cc2ccc(OC)cc2)[C@@H](C)C(=O)N[C@@H](C)CC)cc1. The van der Waals surface area contributed by atoms with Gasteiger partial charge in [0.2, 0.25) is 11.8 Å². The molecule has 2 aromatic rings. The molecule has 0 aromatic heterocycles. The molecule has 2 amide bonds. The van der Waals surface area contributed by atoms with Crippen molar-refractivity contribution >= 4 is 11.8 Å². The largest absolute Gasteiger partial charge is 0.497 e. The van der Waals surface area contributed by atoms with Crippen LogP contribution in [0.25, 0.3) is 0 Å². The molecule has 0 unspecified atom stereocenters. The van der Waals surface area contributed by atoms with Gasteiger partial charge in [-0.3, -0.25) is 9.59 Å². The highest BCUT2D eigenvalue weighted by atomic mass is 16.5. The van der Waals surface area contributed by atoms with Crippen LogP contribution in [0, 0.1) is 0 Å². The molecule has 168 valence electrons. The Labute approximate surface area is 186 Å². The third kappa shape index (κ3) is 7.42. The summed E-state index contributed by atoms with van der Waals surface area (Å²) in [7, 11) is 1.62. The minimum absolute atomic E-state index is 0.0258. The second-order valence-electron chi connectivity index (χ2n) is 8.03. The Balaban J connectivity index is 2.13. The van der Waals surface area contributed by atoms with Crippen molar-refractivity contribution in [3.63, 3.8) is 0 Å². The van der Waals surface area contributed by atoms with E-state index in [0.29, 0.717) is 19.4 Å². The van der Waals surface area contributed by atoms with Gasteiger partial charge in [-0.25, -0.2) is 0 Å². The zero-order valence-electron chi connectivity index (χ0n) is 19.5. The van der Waals surface area contributed by atoms with Crippen molar-refractivity contribution in [3.8, 4) is 5.75 Å². The van der Waals surface area contributed by atoms with E-state index in [9.17, 15) is 9.59 Å². The van der Waals surface area contributed by atoms with Gasteiger partial charge >= 0.3 is 0 Å². The van der Waals surface area contributed by atoms with E-state index in [0.717, 1.165) is 29.7 Å². The fourth-order valence-corrected chi connectivity index (χ4v) is 3.31. The van der Waals surface area contributed by atoms with Gasteiger partial charge in [-0.1, -0.05) is 50.2 Å². The molecule has 0 aliphatic rings. The first-order valence-corrected chi connectivity index (χ1v) is 11.2. The van der Waals surface area contributed by atoms with E-state index in [2.05, 4.69) is 36.5 Å². The van der Waals surface area contributed by atoms with E-state index in [1.54, 1.807) is 18.9 Å². The van der Waals surface area contributed by atoms with Crippen molar-refractivity contribution in [3.05, 3.63) is 65.2 Å². The number of nitrogens with one attached hydrogen (secondary N) is 1. The molecule has 0 aliphatic heterocycles. The van der Waals surface area contributed by atoms with Crippen LogP contribution in [-0.4, -0.2) is 35.9 Å². The summed E-state index contributed by atoms with van der Waals surface area (Å²) in [5, 5.41) is 3.00. The lowest BCUT2D eigenvalue weighted by Crippen LogP contribution is -2.49. The molecule has 0 saturated heterocycles. The highest BCUT2D eigenvalue weighted by Gasteiger charge is 2.26. The van der Waals surface area contributed by atoms with Gasteiger partial charge in [0.25, 0.3) is 0 Å². The monoisotopic (exact) mass is 424 g/mol. The lowest BCUT2D eigenvalue weighted by atomic mass is 10.0. The first-order chi connectivity index (χ1) is 14.9. The van der Waals surface area contributed by atoms with Gasteiger partial charge in [0.15, 0.2) is 0 Å². The Morgan fingerprint density at radius 1 is 0.935 bits per heavy atom. The summed E-state index contributed by atoms with van der Waals surface area (Å²) >= 11 is 0. The van der Waals surface area contributed by atoms with Crippen LogP contribution in [0.1, 0.15) is 57.2 Å². The minimum Gasteiger partial charge on any atom is -0.497 e. The highest BCUT2D eigenvalue weighted by Crippen LogP contribution is 2.17. The maximum atomic E-state index is 13.2. The molecule has 5 nitrogen and oxygen atoms in total. The lowest BCUT2D eigenvalue weighted by molar-refractivity contribution is -0.140. The van der Waals surface area contributed by atoms with Crippen LogP contribution in [-0.2, 0) is 29.0 Å². The number of aryl methyl sites for hydroxylation is 2. The van der Waals surface area contributed by atoms with Crippen molar-refractivity contribution in [2.75, 3.05) is 7.11 Å². The highest BCUT2D eigenvalue weighted by molar-refractivity contribution is 5.87. The Morgan fingerprint density at radius 2 is 1.52 bits per heavy atom. The summed E-state index contributed by atoms with van der Waals surface area (Å²) in [6.45, 7) is 8.31. The van der Waals surface area contributed by atoms with Crippen LogP contribution in [0.15, 0.2) is 48.5 Å². The first kappa shape index (κ1) is 24.4. The van der Waals surface area contributed by atoms with Crippen LogP contribution in [0.4, 0.5) is 0 Å². The molecular formula is C26H36N2O3. The topological polar surface area (TPSA) is 58.6 Å². The number of hydrogen-bond acceptors (Lipinski definition) is 3. The van der Waals surface area contributed by atoms with E-state index in [-0.39, 0.29) is 17.9 Å². The maximum absolute atomic E-state index is 13.2. The summed E-state index contributed by atoms with van der Waals surface area (Å²) in [4.78, 5) is 27.6. The van der Waals surface area contributed by atoms with Crippen molar-refractivity contribution in [2.45, 2.75) is 72.0 Å².